The molecule has 5 aromatic carbocycles. The van der Waals surface area contributed by atoms with Gasteiger partial charge in [0, 0.05) is 91.6 Å². The van der Waals surface area contributed by atoms with Crippen molar-refractivity contribution in [1.82, 2.24) is 10.2 Å². The first-order valence-corrected chi connectivity index (χ1v) is 27.6. The predicted molar refractivity (Wildman–Crippen MR) is 301 cm³/mol. The number of unbranched alkanes of at least 4 members (excludes halogenated alkanes) is 1. The van der Waals surface area contributed by atoms with Crippen molar-refractivity contribution in [3.05, 3.63) is 148 Å². The summed E-state index contributed by atoms with van der Waals surface area (Å²) in [5.41, 5.74) is 9.50. The van der Waals surface area contributed by atoms with Crippen molar-refractivity contribution in [2.45, 2.75) is 123 Å². The van der Waals surface area contributed by atoms with Gasteiger partial charge in [0.15, 0.2) is 17.3 Å². The fourth-order valence-electron chi connectivity index (χ4n) is 11.5. The minimum absolute atomic E-state index is 0.0103. The molecule has 5 aromatic rings. The molecule has 17 heteroatoms. The van der Waals surface area contributed by atoms with Crippen molar-refractivity contribution in [3.8, 4) is 17.2 Å². The number of carbonyl (C=O) groups is 8. The number of amides is 6. The number of nitrogens with zero attached hydrogens (tertiary/aromatic N) is 3. The van der Waals surface area contributed by atoms with Gasteiger partial charge in [-0.1, -0.05) is 43.3 Å². The van der Waals surface area contributed by atoms with Crippen LogP contribution in [0.2, 0.25) is 0 Å². The maximum Gasteiger partial charge on any atom is 0.260 e. The van der Waals surface area contributed by atoms with Gasteiger partial charge in [-0.05, 0) is 141 Å². The molecule has 0 bridgehead atoms. The van der Waals surface area contributed by atoms with Gasteiger partial charge in [-0.25, -0.2) is 0 Å². The van der Waals surface area contributed by atoms with E-state index < -0.39 is 17.9 Å². The highest BCUT2D eigenvalue weighted by atomic mass is 16.5. The maximum absolute atomic E-state index is 14.1. The van der Waals surface area contributed by atoms with Gasteiger partial charge in [0.2, 0.25) is 11.8 Å². The number of nitrogens with one attached hydrogen (secondary N) is 3. The van der Waals surface area contributed by atoms with Crippen LogP contribution in [0.3, 0.4) is 0 Å². The van der Waals surface area contributed by atoms with E-state index in [9.17, 15) is 38.4 Å². The highest BCUT2D eigenvalue weighted by molar-refractivity contribution is 6.13. The number of aryl methyl sites for hydroxylation is 2. The van der Waals surface area contributed by atoms with Crippen LogP contribution in [0.5, 0.6) is 17.2 Å². The topological polar surface area (TPSA) is 210 Å². The van der Waals surface area contributed by atoms with Crippen LogP contribution in [0.25, 0.3) is 0 Å². The molecule has 414 valence electrons. The first-order chi connectivity index (χ1) is 38.6. The summed E-state index contributed by atoms with van der Waals surface area (Å²) in [6, 6.07) is 28.1. The van der Waals surface area contributed by atoms with Crippen molar-refractivity contribution in [1.29, 1.82) is 0 Å². The fourth-order valence-corrected chi connectivity index (χ4v) is 11.5. The molecule has 0 unspecified atom stereocenters. The van der Waals surface area contributed by atoms with Gasteiger partial charge in [0.05, 0.1) is 30.4 Å². The molecule has 3 N–H and O–H groups in total. The van der Waals surface area contributed by atoms with Crippen molar-refractivity contribution in [2.75, 3.05) is 40.6 Å². The van der Waals surface area contributed by atoms with Gasteiger partial charge in [0.25, 0.3) is 23.6 Å². The lowest BCUT2D eigenvalue weighted by molar-refractivity contribution is -0.137. The van der Waals surface area contributed by atoms with E-state index in [1.165, 1.54) is 24.8 Å². The van der Waals surface area contributed by atoms with Crippen LogP contribution in [0.15, 0.2) is 103 Å². The van der Waals surface area contributed by atoms with E-state index in [4.69, 9.17) is 14.2 Å². The molecule has 0 fully saturated rings. The Bertz CT molecular complexity index is 3330. The second kappa shape index (κ2) is 23.8. The third-order valence-corrected chi connectivity index (χ3v) is 15.8. The number of fused-ring (bicyclic) bond motifs is 8. The highest BCUT2D eigenvalue weighted by Crippen LogP contribution is 2.42. The summed E-state index contributed by atoms with van der Waals surface area (Å²) >= 11 is 0. The van der Waals surface area contributed by atoms with E-state index in [1.54, 1.807) is 38.1 Å². The number of para-hydroxylation sites is 2. The SMILES string of the molecule is COc1cc2c(cc1OCc1cc(COc3cc4c(cc3C)C(=O)N3c5ccccc5C[C@H]3CC4)cc(NC(=O)[C@H](C)CC(=O)[C@H](C)NC(=O)CCCCC(=O)CCCN3C(=O)C=CC3=O)c1)NC[C@@H]1Cc3ccccc3N1C2=O. The van der Waals surface area contributed by atoms with Gasteiger partial charge in [-0.15, -0.1) is 0 Å². The van der Waals surface area contributed by atoms with Gasteiger partial charge >= 0.3 is 0 Å². The van der Waals surface area contributed by atoms with Crippen LogP contribution in [-0.2, 0) is 61.2 Å². The number of rotatable bonds is 22. The molecule has 0 saturated carbocycles. The van der Waals surface area contributed by atoms with Crippen molar-refractivity contribution in [3.63, 3.8) is 0 Å². The summed E-state index contributed by atoms with van der Waals surface area (Å²) in [7, 11) is 1.52. The van der Waals surface area contributed by atoms with Gasteiger partial charge in [0.1, 0.15) is 24.7 Å². The molecule has 17 nitrogen and oxygen atoms in total. The number of carbonyl (C=O) groups excluding carboxylic acids is 8. The number of Topliss-reactive ketones (excluding diaryl/α,β-unsaturated/α-hetero) is 2. The summed E-state index contributed by atoms with van der Waals surface area (Å²) in [4.78, 5) is 109. The smallest absolute Gasteiger partial charge is 0.260 e. The Morgan fingerprint density at radius 2 is 1.31 bits per heavy atom. The Balaban J connectivity index is 0.793. The summed E-state index contributed by atoms with van der Waals surface area (Å²) in [5, 5.41) is 9.21. The molecule has 0 spiro atoms. The molecule has 80 heavy (non-hydrogen) atoms. The van der Waals surface area contributed by atoms with Crippen LogP contribution in [0, 0.1) is 12.8 Å². The summed E-state index contributed by atoms with van der Waals surface area (Å²) in [6.45, 7) is 6.01. The molecule has 5 heterocycles. The van der Waals surface area contributed by atoms with Crippen LogP contribution < -0.4 is 40.0 Å². The Morgan fingerprint density at radius 1 is 0.688 bits per heavy atom. The Morgan fingerprint density at radius 3 is 2.01 bits per heavy atom. The van der Waals surface area contributed by atoms with Gasteiger partial charge in [-0.3, -0.25) is 43.3 Å². The largest absolute Gasteiger partial charge is 0.493 e. The Labute approximate surface area is 465 Å². The molecule has 0 aliphatic carbocycles. The minimum atomic E-state index is -0.857. The van der Waals surface area contributed by atoms with Crippen molar-refractivity contribution in [2.24, 2.45) is 5.92 Å². The second-order valence-corrected chi connectivity index (χ2v) is 21.5. The summed E-state index contributed by atoms with van der Waals surface area (Å²) in [6.07, 6.45) is 7.22. The zero-order chi connectivity index (χ0) is 56.2. The highest BCUT2D eigenvalue weighted by Gasteiger charge is 2.39. The standard InChI is InChI=1S/C63H66N6O11/c1-37-24-49-42(19-20-46-29-43-12-5-8-16-52(43)68(46)62(49)76)31-55(37)79-35-40-26-41(36-80-57-33-51-50(32-56(57)78-4)63(77)69-47(34-64-51)30-44-13-6-9-17-53(44)69)28-45(27-40)66-61(75)38(2)25-54(71)39(3)65-58(72)18-10-7-14-48(70)15-11-23-67-59(73)21-22-60(67)74/h5-6,8-9,12-13,16-17,21-22,24,26-28,31-33,38-39,46-47,64H,7,10-11,14-15,18-20,23,25,29-30,34-36H2,1-4H3,(H,65,72)(H,66,75)/t38-,39+,46-,47+/m1/s1. The monoisotopic (exact) mass is 1080 g/mol. The molecule has 0 saturated heterocycles. The first-order valence-electron chi connectivity index (χ1n) is 27.6. The van der Waals surface area contributed by atoms with E-state index in [1.807, 2.05) is 71.3 Å². The maximum atomic E-state index is 14.1. The number of methoxy groups -OCH3 is 1. The average Bonchev–Trinajstić information content (AvgIpc) is 4.18. The molecule has 10 rings (SSSR count). The lowest BCUT2D eigenvalue weighted by Gasteiger charge is -2.23. The molecular formula is C63H66N6O11. The number of benzene rings is 5. The third-order valence-electron chi connectivity index (χ3n) is 15.8. The van der Waals surface area contributed by atoms with E-state index in [0.717, 1.165) is 52.2 Å². The zero-order valence-corrected chi connectivity index (χ0v) is 45.6. The Hall–Kier alpha value is -8.60. The zero-order valence-electron chi connectivity index (χ0n) is 45.6. The molecule has 6 amide bonds. The van der Waals surface area contributed by atoms with Crippen molar-refractivity contribution >= 4 is 69.8 Å². The molecule has 0 aromatic heterocycles. The van der Waals surface area contributed by atoms with Gasteiger partial charge in [-0.2, -0.15) is 0 Å². The lowest BCUT2D eigenvalue weighted by Crippen LogP contribution is -2.39. The number of ketones is 2. The first kappa shape index (κ1) is 54.7. The fraction of sp³-hybridized carbons (Fsp3) is 0.365. The van der Waals surface area contributed by atoms with E-state index in [2.05, 4.69) is 28.1 Å². The predicted octanol–water partition coefficient (Wildman–Crippen LogP) is 8.55. The molecular weight excluding hydrogens is 1020 g/mol. The van der Waals surface area contributed by atoms with E-state index in [-0.39, 0.29) is 98.6 Å². The number of anilines is 4. The lowest BCUT2D eigenvalue weighted by atomic mass is 9.98. The number of hydrogen-bond donors (Lipinski definition) is 3. The number of ether oxygens (including phenoxy) is 3. The second-order valence-electron chi connectivity index (χ2n) is 21.5. The summed E-state index contributed by atoms with van der Waals surface area (Å²) in [5.74, 6) is -1.37. The van der Waals surface area contributed by atoms with Gasteiger partial charge < -0.3 is 40.0 Å². The molecule has 5 aliphatic heterocycles. The van der Waals surface area contributed by atoms with Crippen molar-refractivity contribution < 1.29 is 52.6 Å². The average molecular weight is 1080 g/mol. The van der Waals surface area contributed by atoms with E-state index >= 15 is 0 Å². The van der Waals surface area contributed by atoms with Crippen LogP contribution >= 0.6 is 0 Å². The molecule has 4 atom stereocenters. The summed E-state index contributed by atoms with van der Waals surface area (Å²) < 4.78 is 18.8. The third kappa shape index (κ3) is 11.9. The molecule has 0 radical (unpaired) electrons. The minimum Gasteiger partial charge on any atom is -0.493 e. The number of imide groups is 1. The molecule has 5 aliphatic rings. The quantitative estimate of drug-likeness (QED) is 0.0440. The Kier molecular flexibility index (Phi) is 16.3. The van der Waals surface area contributed by atoms with Crippen LogP contribution in [0.1, 0.15) is 119 Å². The van der Waals surface area contributed by atoms with E-state index in [0.29, 0.717) is 83.1 Å². The van der Waals surface area contributed by atoms with Crippen LogP contribution in [0.4, 0.5) is 22.7 Å². The van der Waals surface area contributed by atoms with Crippen LogP contribution in [-0.4, -0.2) is 90.2 Å². The number of hydrogen-bond acceptors (Lipinski definition) is 12. The normalized spacial score (nSPS) is 17.4.